The molecule has 1 saturated heterocycles. The number of hydrogen-bond acceptors (Lipinski definition) is 5. The average molecular weight is 553 g/mol. The smallest absolute Gasteiger partial charge is 0.172 e. The molecule has 2 aromatic carbocycles. The Kier molecular flexibility index (Phi) is 6.39. The van der Waals surface area contributed by atoms with Crippen molar-refractivity contribution in [2.24, 2.45) is 5.92 Å². The van der Waals surface area contributed by atoms with Gasteiger partial charge in [0.25, 0.3) is 0 Å². The molecule has 1 fully saturated rings. The number of ether oxygens (including phenoxy) is 1. The lowest BCUT2D eigenvalue weighted by molar-refractivity contribution is 0.113. The van der Waals surface area contributed by atoms with Crippen molar-refractivity contribution in [3.63, 3.8) is 0 Å². The van der Waals surface area contributed by atoms with Gasteiger partial charge in [-0.2, -0.15) is 9.61 Å². The summed E-state index contributed by atoms with van der Waals surface area (Å²) in [6.45, 7) is 4.06. The molecule has 2 aromatic heterocycles. The normalized spacial score (nSPS) is 20.1. The Balaban J connectivity index is 1.15. The summed E-state index contributed by atoms with van der Waals surface area (Å²) in [7, 11) is 0. The maximum Gasteiger partial charge on any atom is 0.172 e. The van der Waals surface area contributed by atoms with E-state index < -0.39 is 0 Å². The lowest BCUT2D eigenvalue weighted by Gasteiger charge is -2.34. The topological polar surface area (TPSA) is 54.7 Å². The molecule has 2 aliphatic heterocycles. The van der Waals surface area contributed by atoms with Crippen LogP contribution < -0.4 is 10.1 Å². The van der Waals surface area contributed by atoms with Crippen LogP contribution in [0, 0.1) is 5.92 Å². The molecule has 0 aliphatic carbocycles. The lowest BCUT2D eigenvalue weighted by atomic mass is 9.97. The molecule has 8 heteroatoms. The summed E-state index contributed by atoms with van der Waals surface area (Å²) in [6, 6.07) is 18.3. The summed E-state index contributed by atoms with van der Waals surface area (Å²) in [4.78, 5) is 7.38. The van der Waals surface area contributed by atoms with Crippen LogP contribution in [0.5, 0.6) is 5.75 Å². The number of para-hydroxylation sites is 1. The number of nitrogens with one attached hydrogen (secondary N) is 1. The number of aromatic nitrogens is 3. The van der Waals surface area contributed by atoms with Crippen LogP contribution in [-0.2, 0) is 6.42 Å². The Morgan fingerprint density at radius 3 is 2.89 bits per heavy atom. The van der Waals surface area contributed by atoms with Crippen molar-refractivity contribution in [2.75, 3.05) is 31.5 Å². The Morgan fingerprint density at radius 1 is 1.14 bits per heavy atom. The van der Waals surface area contributed by atoms with Crippen LogP contribution in [0.1, 0.15) is 18.4 Å². The quantitative estimate of drug-likeness (QED) is 0.321. The predicted octanol–water partition coefficient (Wildman–Crippen LogP) is 5.94. The van der Waals surface area contributed by atoms with Gasteiger partial charge in [0.2, 0.25) is 0 Å². The van der Waals surface area contributed by atoms with Gasteiger partial charge < -0.3 is 10.1 Å². The summed E-state index contributed by atoms with van der Waals surface area (Å²) in [5.74, 6) is 2.52. The molecule has 0 radical (unpaired) electrons. The first-order valence-corrected chi connectivity index (χ1v) is 13.3. The van der Waals surface area contributed by atoms with Crippen LogP contribution in [0.3, 0.4) is 0 Å². The third-order valence-electron chi connectivity index (χ3n) is 6.93. The highest BCUT2D eigenvalue weighted by atomic mass is 79.9. The minimum Gasteiger partial charge on any atom is -0.488 e. The Hall–Kier alpha value is -2.61. The van der Waals surface area contributed by atoms with Crippen molar-refractivity contribution in [3.05, 3.63) is 75.9 Å². The van der Waals surface area contributed by atoms with Gasteiger partial charge in [-0.05, 0) is 58.9 Å². The fraction of sp³-hybridized carbons (Fsp3) is 0.333. The molecule has 0 saturated carbocycles. The van der Waals surface area contributed by atoms with Gasteiger partial charge in [0.1, 0.15) is 17.7 Å². The van der Waals surface area contributed by atoms with E-state index in [1.54, 1.807) is 6.20 Å². The third kappa shape index (κ3) is 4.77. The molecule has 2 aliphatic rings. The Bertz CT molecular complexity index is 1330. The molecular formula is C27H27BrClN5O. The van der Waals surface area contributed by atoms with E-state index in [4.69, 9.17) is 21.3 Å². The first-order chi connectivity index (χ1) is 17.1. The van der Waals surface area contributed by atoms with Gasteiger partial charge in [0, 0.05) is 42.7 Å². The van der Waals surface area contributed by atoms with Crippen molar-refractivity contribution in [2.45, 2.75) is 25.4 Å². The molecule has 1 N–H and O–H groups in total. The van der Waals surface area contributed by atoms with Gasteiger partial charge in [-0.25, -0.2) is 4.98 Å². The first kappa shape index (κ1) is 22.8. The van der Waals surface area contributed by atoms with Crippen LogP contribution in [0.4, 0.5) is 5.82 Å². The number of piperidine rings is 1. The number of benzene rings is 2. The fourth-order valence-corrected chi connectivity index (χ4v) is 5.83. The highest BCUT2D eigenvalue weighted by Gasteiger charge is 2.27. The van der Waals surface area contributed by atoms with E-state index in [0.29, 0.717) is 10.9 Å². The highest BCUT2D eigenvalue weighted by Crippen LogP contribution is 2.31. The van der Waals surface area contributed by atoms with Crippen LogP contribution in [-0.4, -0.2) is 51.8 Å². The lowest BCUT2D eigenvalue weighted by Crippen LogP contribution is -2.43. The molecule has 4 heterocycles. The van der Waals surface area contributed by atoms with Gasteiger partial charge in [-0.15, -0.1) is 0 Å². The molecular weight excluding hydrogens is 526 g/mol. The molecule has 2 atom stereocenters. The largest absolute Gasteiger partial charge is 0.488 e. The number of hydrogen-bond donors (Lipinski definition) is 1. The van der Waals surface area contributed by atoms with E-state index in [1.165, 1.54) is 18.4 Å². The molecule has 2 unspecified atom stereocenters. The van der Waals surface area contributed by atoms with Gasteiger partial charge >= 0.3 is 0 Å². The van der Waals surface area contributed by atoms with E-state index in [1.807, 2.05) is 34.8 Å². The van der Waals surface area contributed by atoms with Crippen molar-refractivity contribution < 1.29 is 4.74 Å². The molecule has 4 aromatic rings. The number of rotatable bonds is 6. The van der Waals surface area contributed by atoms with E-state index in [0.717, 1.165) is 65.5 Å². The number of fused-ring (bicyclic) bond motifs is 2. The zero-order valence-corrected chi connectivity index (χ0v) is 21.7. The maximum atomic E-state index is 6.48. The van der Waals surface area contributed by atoms with E-state index in [9.17, 15) is 0 Å². The highest BCUT2D eigenvalue weighted by molar-refractivity contribution is 9.10. The number of likely N-dealkylation sites (tertiary alicyclic amines) is 1. The molecule has 6 rings (SSSR count). The minimum absolute atomic E-state index is 0.249. The second-order valence-corrected chi connectivity index (χ2v) is 10.7. The zero-order chi connectivity index (χ0) is 23.8. The molecule has 6 nitrogen and oxygen atoms in total. The average Bonchev–Trinajstić information content (AvgIpc) is 3.46. The van der Waals surface area contributed by atoms with Gasteiger partial charge in [0.15, 0.2) is 5.65 Å². The summed E-state index contributed by atoms with van der Waals surface area (Å²) in [5, 5.41) is 8.88. The van der Waals surface area contributed by atoms with E-state index >= 15 is 0 Å². The molecule has 180 valence electrons. The minimum atomic E-state index is 0.249. The van der Waals surface area contributed by atoms with Gasteiger partial charge in [-0.3, -0.25) is 4.90 Å². The molecule has 0 spiro atoms. The fourth-order valence-electron chi connectivity index (χ4n) is 5.25. The third-order valence-corrected chi connectivity index (χ3v) is 7.82. The van der Waals surface area contributed by atoms with Gasteiger partial charge in [0.05, 0.1) is 16.4 Å². The van der Waals surface area contributed by atoms with Crippen LogP contribution in [0.2, 0.25) is 5.02 Å². The van der Waals surface area contributed by atoms with E-state index in [2.05, 4.69) is 55.5 Å². The van der Waals surface area contributed by atoms with Gasteiger partial charge in [-0.1, -0.05) is 48.0 Å². The number of halogens is 2. The summed E-state index contributed by atoms with van der Waals surface area (Å²) < 4.78 is 8.91. The van der Waals surface area contributed by atoms with Crippen molar-refractivity contribution in [3.8, 4) is 17.0 Å². The molecule has 0 amide bonds. The Labute approximate surface area is 218 Å². The second kappa shape index (κ2) is 9.80. The second-order valence-electron chi connectivity index (χ2n) is 9.43. The SMILES string of the molecule is Clc1ccccc1-c1cc(NCC2CCCN(CC3Cc4ccccc4O3)C2)n2ncc(Br)c2n1. The van der Waals surface area contributed by atoms with E-state index in [-0.39, 0.29) is 6.10 Å². The maximum absolute atomic E-state index is 6.48. The van der Waals surface area contributed by atoms with Crippen LogP contribution in [0.25, 0.3) is 16.9 Å². The summed E-state index contributed by atoms with van der Waals surface area (Å²) in [6.07, 6.45) is 5.45. The van der Waals surface area contributed by atoms with Crippen molar-refractivity contribution >= 4 is 39.0 Å². The standard InChI is InChI=1S/C27H27BrClN5O/c28-22-15-31-34-26(13-24(32-27(22)34)21-8-2-3-9-23(21)29)30-14-18-6-5-11-33(16-18)17-20-12-19-7-1-4-10-25(19)35-20/h1-4,7-10,13,15,18,20,30H,5-6,11-12,14,16-17H2. The summed E-state index contributed by atoms with van der Waals surface area (Å²) in [5.41, 5.74) is 3.84. The number of nitrogens with zero attached hydrogens (tertiary/aromatic N) is 4. The van der Waals surface area contributed by atoms with Crippen molar-refractivity contribution in [1.82, 2.24) is 19.5 Å². The first-order valence-electron chi connectivity index (χ1n) is 12.1. The monoisotopic (exact) mass is 551 g/mol. The molecule has 0 bridgehead atoms. The zero-order valence-electron chi connectivity index (χ0n) is 19.3. The van der Waals surface area contributed by atoms with Crippen LogP contribution >= 0.6 is 27.5 Å². The van der Waals surface area contributed by atoms with Crippen molar-refractivity contribution in [1.29, 1.82) is 0 Å². The predicted molar refractivity (Wildman–Crippen MR) is 143 cm³/mol. The molecule has 35 heavy (non-hydrogen) atoms. The Morgan fingerprint density at radius 2 is 2.00 bits per heavy atom. The summed E-state index contributed by atoms with van der Waals surface area (Å²) >= 11 is 10.1. The van der Waals surface area contributed by atoms with Crippen LogP contribution in [0.15, 0.2) is 65.3 Å². The number of anilines is 1.